The monoisotopic (exact) mass is 294 g/mol. The third-order valence-electron chi connectivity index (χ3n) is 3.26. The molecule has 0 atom stereocenters. The van der Waals surface area contributed by atoms with Gasteiger partial charge in [-0.25, -0.2) is 4.98 Å². The van der Waals surface area contributed by atoms with Crippen molar-refractivity contribution in [2.75, 3.05) is 5.32 Å². The molecule has 0 amide bonds. The average molecular weight is 295 g/mol. The highest BCUT2D eigenvalue weighted by Crippen LogP contribution is 2.30. The fourth-order valence-corrected chi connectivity index (χ4v) is 2.34. The van der Waals surface area contributed by atoms with Crippen molar-refractivity contribution in [1.29, 1.82) is 0 Å². The van der Waals surface area contributed by atoms with E-state index in [2.05, 4.69) is 23.3 Å². The molecule has 3 aromatic rings. The Morgan fingerprint density at radius 3 is 2.48 bits per heavy atom. The molecule has 21 heavy (non-hydrogen) atoms. The molecular formula is C18H15ClN2. The Balaban J connectivity index is 1.98. The standard InChI is InChI=1S/C18H15ClN2/c1-13-10-11-20-18(12-13)21-17-5-3-2-4-16(17)14-6-8-15(19)9-7-14/h2-12H,1H3,(H,20,21). The molecule has 1 aromatic heterocycles. The van der Waals surface area contributed by atoms with Gasteiger partial charge in [0.2, 0.25) is 0 Å². The van der Waals surface area contributed by atoms with Gasteiger partial charge >= 0.3 is 0 Å². The van der Waals surface area contributed by atoms with Gasteiger partial charge in [0.25, 0.3) is 0 Å². The topological polar surface area (TPSA) is 24.9 Å². The molecule has 0 saturated heterocycles. The number of hydrogen-bond acceptors (Lipinski definition) is 2. The van der Waals surface area contributed by atoms with Crippen LogP contribution in [0.2, 0.25) is 5.02 Å². The summed E-state index contributed by atoms with van der Waals surface area (Å²) < 4.78 is 0. The van der Waals surface area contributed by atoms with E-state index in [1.807, 2.05) is 60.8 Å². The highest BCUT2D eigenvalue weighted by molar-refractivity contribution is 6.30. The van der Waals surface area contributed by atoms with E-state index in [-0.39, 0.29) is 0 Å². The fraction of sp³-hybridized carbons (Fsp3) is 0.0556. The minimum Gasteiger partial charge on any atom is -0.340 e. The van der Waals surface area contributed by atoms with Gasteiger partial charge in [-0.3, -0.25) is 0 Å². The number of nitrogens with zero attached hydrogens (tertiary/aromatic N) is 1. The second-order valence-corrected chi connectivity index (χ2v) is 5.33. The minimum atomic E-state index is 0.740. The van der Waals surface area contributed by atoms with Gasteiger partial charge in [-0.2, -0.15) is 0 Å². The van der Waals surface area contributed by atoms with E-state index in [0.717, 1.165) is 27.7 Å². The van der Waals surface area contributed by atoms with Crippen molar-refractivity contribution in [2.45, 2.75) is 6.92 Å². The van der Waals surface area contributed by atoms with Crippen LogP contribution in [0.1, 0.15) is 5.56 Å². The van der Waals surface area contributed by atoms with Crippen molar-refractivity contribution >= 4 is 23.1 Å². The van der Waals surface area contributed by atoms with Gasteiger partial charge in [0.1, 0.15) is 5.82 Å². The molecule has 3 rings (SSSR count). The van der Waals surface area contributed by atoms with E-state index in [1.54, 1.807) is 0 Å². The van der Waals surface area contributed by atoms with Crippen LogP contribution < -0.4 is 5.32 Å². The first-order valence-electron chi connectivity index (χ1n) is 6.77. The summed E-state index contributed by atoms with van der Waals surface area (Å²) in [5.74, 6) is 0.844. The van der Waals surface area contributed by atoms with Crippen molar-refractivity contribution in [2.24, 2.45) is 0 Å². The van der Waals surface area contributed by atoms with Crippen LogP contribution in [0.4, 0.5) is 11.5 Å². The molecule has 0 aliphatic carbocycles. The smallest absolute Gasteiger partial charge is 0.130 e. The van der Waals surface area contributed by atoms with E-state index in [9.17, 15) is 0 Å². The summed E-state index contributed by atoms with van der Waals surface area (Å²) in [5, 5.41) is 4.12. The Kier molecular flexibility index (Phi) is 3.89. The molecule has 104 valence electrons. The third kappa shape index (κ3) is 3.23. The molecule has 1 heterocycles. The first kappa shape index (κ1) is 13.7. The van der Waals surface area contributed by atoms with Crippen LogP contribution in [0.15, 0.2) is 66.9 Å². The number of pyridine rings is 1. The molecule has 0 saturated carbocycles. The molecular weight excluding hydrogens is 280 g/mol. The Morgan fingerprint density at radius 2 is 1.71 bits per heavy atom. The van der Waals surface area contributed by atoms with Crippen LogP contribution in [-0.2, 0) is 0 Å². The van der Waals surface area contributed by atoms with Crippen LogP contribution >= 0.6 is 11.6 Å². The van der Waals surface area contributed by atoms with E-state index >= 15 is 0 Å². The summed E-state index contributed by atoms with van der Waals surface area (Å²) in [4.78, 5) is 4.35. The highest BCUT2D eigenvalue weighted by atomic mass is 35.5. The van der Waals surface area contributed by atoms with Crippen molar-refractivity contribution in [3.63, 3.8) is 0 Å². The average Bonchev–Trinajstić information content (AvgIpc) is 2.49. The summed E-state index contributed by atoms with van der Waals surface area (Å²) in [7, 11) is 0. The maximum atomic E-state index is 5.96. The van der Waals surface area contributed by atoms with Gasteiger partial charge in [0, 0.05) is 22.5 Å². The van der Waals surface area contributed by atoms with Crippen LogP contribution in [0.3, 0.4) is 0 Å². The first-order valence-corrected chi connectivity index (χ1v) is 7.15. The molecule has 0 radical (unpaired) electrons. The zero-order valence-corrected chi connectivity index (χ0v) is 12.4. The number of benzene rings is 2. The van der Waals surface area contributed by atoms with Crippen molar-refractivity contribution < 1.29 is 0 Å². The fourth-order valence-electron chi connectivity index (χ4n) is 2.22. The molecule has 0 aliphatic rings. The van der Waals surface area contributed by atoms with Crippen LogP contribution in [-0.4, -0.2) is 4.98 Å². The van der Waals surface area contributed by atoms with E-state index < -0.39 is 0 Å². The van der Waals surface area contributed by atoms with Gasteiger partial charge in [0.15, 0.2) is 0 Å². The maximum absolute atomic E-state index is 5.96. The van der Waals surface area contributed by atoms with Crippen molar-refractivity contribution in [3.8, 4) is 11.1 Å². The van der Waals surface area contributed by atoms with E-state index in [1.165, 1.54) is 5.56 Å². The number of hydrogen-bond donors (Lipinski definition) is 1. The Bertz CT molecular complexity index is 751. The Labute approximate surface area is 129 Å². The van der Waals surface area contributed by atoms with Gasteiger partial charge in [-0.1, -0.05) is 41.9 Å². The second-order valence-electron chi connectivity index (χ2n) is 4.90. The molecule has 0 aliphatic heterocycles. The summed E-state index contributed by atoms with van der Waals surface area (Å²) in [6.45, 7) is 2.05. The quantitative estimate of drug-likeness (QED) is 0.694. The predicted octanol–water partition coefficient (Wildman–Crippen LogP) is 5.45. The summed E-state index contributed by atoms with van der Waals surface area (Å²) in [6.07, 6.45) is 1.81. The van der Waals surface area contributed by atoms with Gasteiger partial charge < -0.3 is 5.32 Å². The molecule has 3 heteroatoms. The van der Waals surface area contributed by atoms with E-state index in [0.29, 0.717) is 0 Å². The summed E-state index contributed by atoms with van der Waals surface area (Å²) >= 11 is 5.96. The summed E-state index contributed by atoms with van der Waals surface area (Å²) in [6, 6.07) is 20.0. The molecule has 2 aromatic carbocycles. The summed E-state index contributed by atoms with van der Waals surface area (Å²) in [5.41, 5.74) is 4.45. The van der Waals surface area contributed by atoms with E-state index in [4.69, 9.17) is 11.6 Å². The number of aromatic nitrogens is 1. The SMILES string of the molecule is Cc1ccnc(Nc2ccccc2-c2ccc(Cl)cc2)c1. The number of para-hydroxylation sites is 1. The lowest BCUT2D eigenvalue weighted by molar-refractivity contribution is 1.27. The number of rotatable bonds is 3. The lowest BCUT2D eigenvalue weighted by Gasteiger charge is -2.12. The molecule has 2 nitrogen and oxygen atoms in total. The van der Waals surface area contributed by atoms with Gasteiger partial charge in [-0.15, -0.1) is 0 Å². The molecule has 0 fully saturated rings. The first-order chi connectivity index (χ1) is 10.2. The van der Waals surface area contributed by atoms with Gasteiger partial charge in [0.05, 0.1) is 0 Å². The zero-order chi connectivity index (χ0) is 14.7. The lowest BCUT2D eigenvalue weighted by atomic mass is 10.0. The van der Waals surface area contributed by atoms with Gasteiger partial charge in [-0.05, 0) is 48.4 Å². The van der Waals surface area contributed by atoms with Crippen LogP contribution in [0.25, 0.3) is 11.1 Å². The largest absolute Gasteiger partial charge is 0.340 e. The highest BCUT2D eigenvalue weighted by Gasteiger charge is 2.05. The van der Waals surface area contributed by atoms with Crippen molar-refractivity contribution in [3.05, 3.63) is 77.4 Å². The number of halogens is 1. The number of anilines is 2. The zero-order valence-electron chi connectivity index (χ0n) is 11.7. The molecule has 0 spiro atoms. The lowest BCUT2D eigenvalue weighted by Crippen LogP contribution is -1.95. The van der Waals surface area contributed by atoms with Crippen LogP contribution in [0, 0.1) is 6.92 Å². The maximum Gasteiger partial charge on any atom is 0.130 e. The second kappa shape index (κ2) is 5.98. The third-order valence-corrected chi connectivity index (χ3v) is 3.51. The number of aryl methyl sites for hydroxylation is 1. The van der Waals surface area contributed by atoms with Crippen LogP contribution in [0.5, 0.6) is 0 Å². The van der Waals surface area contributed by atoms with Crippen molar-refractivity contribution in [1.82, 2.24) is 4.98 Å². The Morgan fingerprint density at radius 1 is 0.952 bits per heavy atom. The molecule has 0 bridgehead atoms. The minimum absolute atomic E-state index is 0.740. The Hall–Kier alpha value is -2.32. The molecule has 1 N–H and O–H groups in total. The number of nitrogens with one attached hydrogen (secondary N) is 1. The molecule has 0 unspecified atom stereocenters. The normalized spacial score (nSPS) is 10.4. The predicted molar refractivity (Wildman–Crippen MR) is 89.1 cm³/mol.